The highest BCUT2D eigenvalue weighted by Gasteiger charge is 2.34. The predicted octanol–water partition coefficient (Wildman–Crippen LogP) is 5.39. The third-order valence-corrected chi connectivity index (χ3v) is 5.74. The Bertz CT molecular complexity index is 994. The summed E-state index contributed by atoms with van der Waals surface area (Å²) < 4.78 is 49.4. The molecule has 4 rings (SSSR count). The molecule has 1 aliphatic rings. The Kier molecular flexibility index (Phi) is 6.45. The average Bonchev–Trinajstić information content (AvgIpc) is 3.47. The van der Waals surface area contributed by atoms with E-state index in [1.807, 2.05) is 17.0 Å². The van der Waals surface area contributed by atoms with E-state index in [4.69, 9.17) is 20.4 Å². The van der Waals surface area contributed by atoms with Gasteiger partial charge in [-0.3, -0.25) is 4.79 Å². The predicted molar refractivity (Wildman–Crippen MR) is 111 cm³/mol. The first kappa shape index (κ1) is 22.3. The smallest absolute Gasteiger partial charge is 0.417 e. The first-order valence-corrected chi connectivity index (χ1v) is 10.5. The molecule has 1 saturated heterocycles. The van der Waals surface area contributed by atoms with Gasteiger partial charge in [0.05, 0.1) is 36.2 Å². The number of nitrogens with zero attached hydrogens (tertiary/aromatic N) is 3. The topological polar surface area (TPSA) is 62.7 Å². The van der Waals surface area contributed by atoms with Gasteiger partial charge in [0.1, 0.15) is 17.3 Å². The zero-order valence-electron chi connectivity index (χ0n) is 17.0. The quantitative estimate of drug-likeness (QED) is 0.486. The van der Waals surface area contributed by atoms with Crippen molar-refractivity contribution in [1.82, 2.24) is 9.88 Å². The molecule has 4 heterocycles. The molecule has 0 N–H and O–H groups in total. The molecule has 10 heteroatoms. The summed E-state index contributed by atoms with van der Waals surface area (Å²) in [5.74, 6) is 1.38. The fraction of sp³-hybridized carbons (Fsp3) is 0.364. The van der Waals surface area contributed by atoms with Crippen LogP contribution in [0.5, 0.6) is 0 Å². The van der Waals surface area contributed by atoms with Gasteiger partial charge >= 0.3 is 6.18 Å². The highest BCUT2D eigenvalue weighted by Crippen LogP contribution is 2.35. The minimum atomic E-state index is -4.50. The van der Waals surface area contributed by atoms with Crippen LogP contribution in [0, 0.1) is 5.92 Å². The number of halogens is 4. The Morgan fingerprint density at radius 3 is 2.19 bits per heavy atom. The van der Waals surface area contributed by atoms with Gasteiger partial charge in [-0.25, -0.2) is 4.98 Å². The van der Waals surface area contributed by atoms with E-state index in [0.717, 1.165) is 12.3 Å². The number of furan rings is 2. The molecular weight excluding hydrogens is 447 g/mol. The second-order valence-corrected chi connectivity index (χ2v) is 8.05. The van der Waals surface area contributed by atoms with Gasteiger partial charge in [0.25, 0.3) is 0 Å². The van der Waals surface area contributed by atoms with Crippen molar-refractivity contribution >= 4 is 23.3 Å². The molecule has 0 aromatic carbocycles. The maximum atomic E-state index is 13.3. The van der Waals surface area contributed by atoms with Gasteiger partial charge in [0.2, 0.25) is 5.91 Å². The fourth-order valence-corrected chi connectivity index (χ4v) is 4.09. The number of aromatic nitrogens is 1. The van der Waals surface area contributed by atoms with E-state index >= 15 is 0 Å². The van der Waals surface area contributed by atoms with Crippen molar-refractivity contribution in [3.05, 3.63) is 71.2 Å². The maximum Gasteiger partial charge on any atom is 0.417 e. The summed E-state index contributed by atoms with van der Waals surface area (Å²) in [6, 6.07) is 8.04. The zero-order chi connectivity index (χ0) is 22.7. The molecule has 170 valence electrons. The van der Waals surface area contributed by atoms with Crippen LogP contribution < -0.4 is 4.90 Å². The Labute approximate surface area is 187 Å². The van der Waals surface area contributed by atoms with Crippen molar-refractivity contribution in [2.75, 3.05) is 18.0 Å². The molecule has 0 atom stereocenters. The van der Waals surface area contributed by atoms with Crippen LogP contribution in [-0.2, 0) is 24.1 Å². The van der Waals surface area contributed by atoms with Gasteiger partial charge in [-0.15, -0.1) is 0 Å². The van der Waals surface area contributed by atoms with E-state index in [1.54, 1.807) is 29.6 Å². The summed E-state index contributed by atoms with van der Waals surface area (Å²) in [6.07, 6.45) is 0.469. The lowest BCUT2D eigenvalue weighted by atomic mass is 9.95. The minimum Gasteiger partial charge on any atom is -0.467 e. The molecule has 1 fully saturated rings. The van der Waals surface area contributed by atoms with E-state index in [-0.39, 0.29) is 16.8 Å². The van der Waals surface area contributed by atoms with E-state index in [0.29, 0.717) is 56.4 Å². The number of hydrogen-bond acceptors (Lipinski definition) is 5. The van der Waals surface area contributed by atoms with Crippen LogP contribution in [-0.4, -0.2) is 28.9 Å². The fourth-order valence-electron chi connectivity index (χ4n) is 3.81. The van der Waals surface area contributed by atoms with Gasteiger partial charge in [-0.2, -0.15) is 13.2 Å². The molecule has 1 amide bonds. The Balaban J connectivity index is 1.42. The SMILES string of the molecule is O=C(C1CCN(c2ncc(C(F)(F)F)cc2Cl)CC1)N(Cc1ccco1)Cc1ccco1. The highest BCUT2D eigenvalue weighted by atomic mass is 35.5. The van der Waals surface area contributed by atoms with Crippen molar-refractivity contribution in [2.45, 2.75) is 32.1 Å². The first-order valence-electron chi connectivity index (χ1n) is 10.1. The zero-order valence-corrected chi connectivity index (χ0v) is 17.8. The lowest BCUT2D eigenvalue weighted by molar-refractivity contribution is -0.138. The number of carbonyl (C=O) groups excluding carboxylic acids is 1. The summed E-state index contributed by atoms with van der Waals surface area (Å²) in [6.45, 7) is 1.56. The first-order chi connectivity index (χ1) is 15.3. The average molecular weight is 468 g/mol. The van der Waals surface area contributed by atoms with Crippen LogP contribution >= 0.6 is 11.6 Å². The van der Waals surface area contributed by atoms with Crippen LogP contribution in [0.15, 0.2) is 57.9 Å². The van der Waals surface area contributed by atoms with E-state index in [9.17, 15) is 18.0 Å². The number of carbonyl (C=O) groups is 1. The highest BCUT2D eigenvalue weighted by molar-refractivity contribution is 6.33. The molecule has 32 heavy (non-hydrogen) atoms. The van der Waals surface area contributed by atoms with Crippen molar-refractivity contribution < 1.29 is 26.8 Å². The molecule has 0 unspecified atom stereocenters. The Hall–Kier alpha value is -2.94. The molecule has 0 spiro atoms. The van der Waals surface area contributed by atoms with Gasteiger partial charge in [0, 0.05) is 25.2 Å². The second kappa shape index (κ2) is 9.28. The summed E-state index contributed by atoms with van der Waals surface area (Å²) in [5, 5.41) is -0.0538. The second-order valence-electron chi connectivity index (χ2n) is 7.64. The van der Waals surface area contributed by atoms with Gasteiger partial charge in [-0.1, -0.05) is 11.6 Å². The van der Waals surface area contributed by atoms with Crippen LogP contribution in [0.1, 0.15) is 29.9 Å². The number of hydrogen-bond donors (Lipinski definition) is 0. The Morgan fingerprint density at radius 2 is 1.72 bits per heavy atom. The molecule has 0 aliphatic carbocycles. The van der Waals surface area contributed by atoms with Crippen molar-refractivity contribution in [2.24, 2.45) is 5.92 Å². The van der Waals surface area contributed by atoms with Crippen LogP contribution in [0.4, 0.5) is 19.0 Å². The molecule has 1 aliphatic heterocycles. The molecular formula is C22H21ClF3N3O3. The van der Waals surface area contributed by atoms with Gasteiger partial charge in [0.15, 0.2) is 0 Å². The summed E-state index contributed by atoms with van der Waals surface area (Å²) in [5.41, 5.74) is -0.886. The molecule has 3 aromatic rings. The Morgan fingerprint density at radius 1 is 1.12 bits per heavy atom. The van der Waals surface area contributed by atoms with Crippen LogP contribution in [0.25, 0.3) is 0 Å². The maximum absolute atomic E-state index is 13.3. The van der Waals surface area contributed by atoms with Crippen LogP contribution in [0.2, 0.25) is 5.02 Å². The standard InChI is InChI=1S/C22H21ClF3N3O3/c23-19-11-16(22(24,25)26)12-27-20(19)28-7-5-15(6-8-28)21(30)29(13-17-3-1-9-31-17)14-18-4-2-10-32-18/h1-4,9-12,15H,5-8,13-14H2. The molecule has 6 nitrogen and oxygen atoms in total. The molecule has 0 radical (unpaired) electrons. The van der Waals surface area contributed by atoms with Gasteiger partial charge < -0.3 is 18.6 Å². The van der Waals surface area contributed by atoms with Crippen LogP contribution in [0.3, 0.4) is 0 Å². The van der Waals surface area contributed by atoms with Gasteiger partial charge in [-0.05, 0) is 43.2 Å². The van der Waals surface area contributed by atoms with Crippen molar-refractivity contribution in [3.63, 3.8) is 0 Å². The number of amides is 1. The number of rotatable bonds is 6. The van der Waals surface area contributed by atoms with E-state index in [1.165, 1.54) is 0 Å². The summed E-state index contributed by atoms with van der Waals surface area (Å²) in [7, 11) is 0. The minimum absolute atomic E-state index is 0.0241. The summed E-state index contributed by atoms with van der Waals surface area (Å²) >= 11 is 6.08. The third-order valence-electron chi connectivity index (χ3n) is 5.46. The lowest BCUT2D eigenvalue weighted by Crippen LogP contribution is -2.42. The number of pyridine rings is 1. The molecule has 0 bridgehead atoms. The van der Waals surface area contributed by atoms with Crippen molar-refractivity contribution in [1.29, 1.82) is 0 Å². The third kappa shape index (κ3) is 5.09. The lowest BCUT2D eigenvalue weighted by Gasteiger charge is -2.35. The van der Waals surface area contributed by atoms with Crippen molar-refractivity contribution in [3.8, 4) is 0 Å². The molecule has 0 saturated carbocycles. The van der Waals surface area contributed by atoms with E-state index < -0.39 is 11.7 Å². The molecule has 3 aromatic heterocycles. The normalized spacial score (nSPS) is 15.2. The number of alkyl halides is 3. The number of piperidine rings is 1. The number of anilines is 1. The largest absolute Gasteiger partial charge is 0.467 e. The van der Waals surface area contributed by atoms with E-state index in [2.05, 4.69) is 4.98 Å². The summed E-state index contributed by atoms with van der Waals surface area (Å²) in [4.78, 5) is 20.7. The monoisotopic (exact) mass is 467 g/mol.